The Hall–Kier alpha value is -3.03. The number of nitrogens with one attached hydrogen (secondary N) is 2. The predicted molar refractivity (Wildman–Crippen MR) is 133 cm³/mol. The molecule has 4 rings (SSSR count). The summed E-state index contributed by atoms with van der Waals surface area (Å²) in [7, 11) is 0. The van der Waals surface area contributed by atoms with E-state index in [2.05, 4.69) is 17.6 Å². The van der Waals surface area contributed by atoms with Crippen LogP contribution >= 0.6 is 0 Å². The molecule has 194 valence electrons. The van der Waals surface area contributed by atoms with E-state index < -0.39 is 17.3 Å². The van der Waals surface area contributed by atoms with Gasteiger partial charge in [-0.1, -0.05) is 31.5 Å². The molecule has 0 unspecified atom stereocenters. The zero-order valence-corrected chi connectivity index (χ0v) is 21.3. The summed E-state index contributed by atoms with van der Waals surface area (Å²) in [5, 5.41) is 6.00. The summed E-state index contributed by atoms with van der Waals surface area (Å²) in [4.78, 5) is 27.8. The molecule has 2 aromatic rings. The van der Waals surface area contributed by atoms with Crippen molar-refractivity contribution in [2.75, 3.05) is 13.1 Å². The number of urea groups is 1. The minimum Gasteiger partial charge on any atom is -0.352 e. The second-order valence-electron chi connectivity index (χ2n) is 10.9. The van der Waals surface area contributed by atoms with Gasteiger partial charge in [-0.05, 0) is 85.9 Å². The quantitative estimate of drug-likeness (QED) is 0.527. The summed E-state index contributed by atoms with van der Waals surface area (Å²) in [6.45, 7) is 9.07. The molecule has 1 fully saturated rings. The number of nitrogens with zero attached hydrogens (tertiary/aromatic N) is 1. The average Bonchev–Trinajstić information content (AvgIpc) is 3.58. The van der Waals surface area contributed by atoms with Crippen LogP contribution in [0, 0.1) is 11.8 Å². The van der Waals surface area contributed by atoms with Crippen LogP contribution in [0.25, 0.3) is 11.1 Å². The molecule has 36 heavy (non-hydrogen) atoms. The third-order valence-corrected chi connectivity index (χ3v) is 7.04. The molecule has 1 heterocycles. The van der Waals surface area contributed by atoms with Crippen LogP contribution in [-0.2, 0) is 19.1 Å². The molecule has 3 amide bonds. The topological polar surface area (TPSA) is 61.4 Å². The van der Waals surface area contributed by atoms with E-state index in [0.29, 0.717) is 53.6 Å². The number of halogens is 3. The van der Waals surface area contributed by atoms with Crippen molar-refractivity contribution >= 4 is 11.9 Å². The molecule has 2 aromatic carbocycles. The third kappa shape index (κ3) is 5.85. The molecule has 1 aliphatic heterocycles. The number of carbonyl (C=O) groups excluding carboxylic acids is 2. The molecule has 2 aliphatic rings. The highest BCUT2D eigenvalue weighted by atomic mass is 19.4. The van der Waals surface area contributed by atoms with Crippen molar-refractivity contribution in [2.45, 2.75) is 65.2 Å². The number of rotatable bonds is 5. The van der Waals surface area contributed by atoms with Gasteiger partial charge in [0.15, 0.2) is 0 Å². The van der Waals surface area contributed by atoms with E-state index in [4.69, 9.17) is 0 Å². The van der Waals surface area contributed by atoms with E-state index in [1.165, 1.54) is 6.07 Å². The second-order valence-corrected chi connectivity index (χ2v) is 10.9. The number of hydrogen-bond acceptors (Lipinski definition) is 2. The van der Waals surface area contributed by atoms with Crippen molar-refractivity contribution in [3.8, 4) is 11.1 Å². The highest BCUT2D eigenvalue weighted by Crippen LogP contribution is 2.40. The van der Waals surface area contributed by atoms with Crippen LogP contribution in [0.3, 0.4) is 0 Å². The molecule has 2 atom stereocenters. The summed E-state index contributed by atoms with van der Waals surface area (Å²) >= 11 is 0. The lowest BCUT2D eigenvalue weighted by Gasteiger charge is -2.34. The molecule has 0 aromatic heterocycles. The second kappa shape index (κ2) is 9.79. The van der Waals surface area contributed by atoms with Crippen molar-refractivity contribution < 1.29 is 22.8 Å². The standard InChI is InChI=1S/C28H34F3N3O2/c1-5-17-13-19(17)15-32-25(35)23-10-9-21(18-7-6-8-20(14-18)28(29,30)31)22-11-12-34(16-24(22)23)26(36)33-27(2,3)4/h6-10,14,17,19H,5,11-13,15-16H2,1-4H3,(H,32,35)(H,33,36)/t17-,19+/m0/s1. The smallest absolute Gasteiger partial charge is 0.352 e. The van der Waals surface area contributed by atoms with Gasteiger partial charge >= 0.3 is 12.2 Å². The SMILES string of the molecule is CC[C@H]1C[C@@H]1CNC(=O)c1ccc(-c2cccc(C(F)(F)F)c2)c2c1CN(C(=O)NC(C)(C)C)CC2. The van der Waals surface area contributed by atoms with E-state index in [1.807, 2.05) is 20.8 Å². The zero-order valence-electron chi connectivity index (χ0n) is 21.3. The summed E-state index contributed by atoms with van der Waals surface area (Å²) < 4.78 is 40.1. The van der Waals surface area contributed by atoms with E-state index in [9.17, 15) is 22.8 Å². The molecule has 0 saturated heterocycles. The maximum absolute atomic E-state index is 13.4. The Bertz CT molecular complexity index is 1150. The van der Waals surface area contributed by atoms with Gasteiger partial charge in [0.1, 0.15) is 0 Å². The van der Waals surface area contributed by atoms with Gasteiger partial charge in [0.25, 0.3) is 5.91 Å². The Balaban J connectivity index is 1.68. The van der Waals surface area contributed by atoms with Gasteiger partial charge < -0.3 is 15.5 Å². The zero-order chi connectivity index (χ0) is 26.3. The van der Waals surface area contributed by atoms with Crippen LogP contribution in [0.15, 0.2) is 36.4 Å². The lowest BCUT2D eigenvalue weighted by molar-refractivity contribution is -0.137. The van der Waals surface area contributed by atoms with E-state index >= 15 is 0 Å². The summed E-state index contributed by atoms with van der Waals surface area (Å²) in [5.74, 6) is 0.939. The van der Waals surface area contributed by atoms with Crippen molar-refractivity contribution in [1.29, 1.82) is 0 Å². The minimum absolute atomic E-state index is 0.207. The largest absolute Gasteiger partial charge is 0.416 e. The number of hydrogen-bond donors (Lipinski definition) is 2. The number of amides is 3. The normalized spacial score (nSPS) is 19.5. The Morgan fingerprint density at radius 1 is 1.06 bits per heavy atom. The van der Waals surface area contributed by atoms with Crippen LogP contribution < -0.4 is 10.6 Å². The first-order valence-corrected chi connectivity index (χ1v) is 12.5. The van der Waals surface area contributed by atoms with Crippen LogP contribution in [0.5, 0.6) is 0 Å². The van der Waals surface area contributed by atoms with Gasteiger partial charge in [-0.3, -0.25) is 4.79 Å². The van der Waals surface area contributed by atoms with Crippen LogP contribution in [0.2, 0.25) is 0 Å². The average molecular weight is 502 g/mol. The Morgan fingerprint density at radius 3 is 2.44 bits per heavy atom. The van der Waals surface area contributed by atoms with Gasteiger partial charge in [-0.15, -0.1) is 0 Å². The lowest BCUT2D eigenvalue weighted by atomic mass is 9.87. The molecule has 0 spiro atoms. The first-order chi connectivity index (χ1) is 16.9. The lowest BCUT2D eigenvalue weighted by Crippen LogP contribution is -2.50. The molecule has 2 N–H and O–H groups in total. The molecular formula is C28H34F3N3O2. The number of carbonyl (C=O) groups is 2. The van der Waals surface area contributed by atoms with Gasteiger partial charge in [0.2, 0.25) is 0 Å². The third-order valence-electron chi connectivity index (χ3n) is 7.04. The van der Waals surface area contributed by atoms with Crippen LogP contribution in [0.1, 0.15) is 67.6 Å². The molecule has 5 nitrogen and oxygen atoms in total. The van der Waals surface area contributed by atoms with Gasteiger partial charge in [-0.2, -0.15) is 13.2 Å². The maximum Gasteiger partial charge on any atom is 0.416 e. The Labute approximate surface area is 210 Å². The van der Waals surface area contributed by atoms with Gasteiger partial charge in [0, 0.05) is 30.7 Å². The van der Waals surface area contributed by atoms with Crippen LogP contribution in [0.4, 0.5) is 18.0 Å². The highest BCUT2D eigenvalue weighted by molar-refractivity contribution is 5.97. The van der Waals surface area contributed by atoms with Crippen LogP contribution in [-0.4, -0.2) is 35.5 Å². The fourth-order valence-electron chi connectivity index (χ4n) is 4.97. The molecule has 1 saturated carbocycles. The summed E-state index contributed by atoms with van der Waals surface area (Å²) in [5.41, 5.74) is 1.97. The van der Waals surface area contributed by atoms with Gasteiger partial charge in [0.05, 0.1) is 5.56 Å². The number of alkyl halides is 3. The van der Waals surface area contributed by atoms with E-state index in [1.54, 1.807) is 23.1 Å². The number of benzene rings is 2. The van der Waals surface area contributed by atoms with Crippen molar-refractivity contribution in [1.82, 2.24) is 15.5 Å². The van der Waals surface area contributed by atoms with E-state index in [0.717, 1.165) is 30.5 Å². The van der Waals surface area contributed by atoms with Gasteiger partial charge in [-0.25, -0.2) is 4.79 Å². The predicted octanol–water partition coefficient (Wildman–Crippen LogP) is 6.01. The Morgan fingerprint density at radius 2 is 1.81 bits per heavy atom. The first-order valence-electron chi connectivity index (χ1n) is 12.5. The van der Waals surface area contributed by atoms with Crippen molar-refractivity contribution in [3.05, 3.63) is 58.7 Å². The molecule has 0 bridgehead atoms. The fourth-order valence-corrected chi connectivity index (χ4v) is 4.97. The monoisotopic (exact) mass is 501 g/mol. The molecule has 0 radical (unpaired) electrons. The number of fused-ring (bicyclic) bond motifs is 1. The molecule has 1 aliphatic carbocycles. The first kappa shape index (κ1) is 26.0. The summed E-state index contributed by atoms with van der Waals surface area (Å²) in [6, 6.07) is 8.44. The van der Waals surface area contributed by atoms with Crippen molar-refractivity contribution in [2.24, 2.45) is 11.8 Å². The fraction of sp³-hybridized carbons (Fsp3) is 0.500. The Kier molecular flexibility index (Phi) is 7.08. The van der Waals surface area contributed by atoms with Crippen molar-refractivity contribution in [3.63, 3.8) is 0 Å². The maximum atomic E-state index is 13.4. The molecule has 8 heteroatoms. The minimum atomic E-state index is -4.45. The molecular weight excluding hydrogens is 467 g/mol. The highest BCUT2D eigenvalue weighted by Gasteiger charge is 2.36. The van der Waals surface area contributed by atoms with E-state index in [-0.39, 0.29) is 18.5 Å². The summed E-state index contributed by atoms with van der Waals surface area (Å²) in [6.07, 6.45) is -1.79.